The number of halogens is 1. The molecule has 4 rings (SSSR count). The maximum absolute atomic E-state index is 12.7. The molecule has 1 unspecified atom stereocenters. The second-order valence-electron chi connectivity index (χ2n) is 8.60. The number of hydrogen-bond donors (Lipinski definition) is 1. The predicted molar refractivity (Wildman–Crippen MR) is 127 cm³/mol. The molecule has 3 aromatic rings. The topological polar surface area (TPSA) is 80.5 Å². The molecule has 2 heterocycles. The molecule has 1 aromatic heterocycles. The second-order valence-corrected chi connectivity index (χ2v) is 9.04. The fourth-order valence-corrected chi connectivity index (χ4v) is 3.96. The number of piperidine rings is 1. The average Bonchev–Trinajstić information content (AvgIpc) is 3.28. The number of carbonyl (C=O) groups is 1. The molecule has 1 saturated heterocycles. The highest BCUT2D eigenvalue weighted by Crippen LogP contribution is 2.22. The van der Waals surface area contributed by atoms with Crippen LogP contribution in [-0.2, 0) is 11.3 Å². The van der Waals surface area contributed by atoms with E-state index in [4.69, 9.17) is 20.9 Å². The number of aryl methyl sites for hydroxylation is 1. The van der Waals surface area contributed by atoms with Crippen molar-refractivity contribution in [3.63, 3.8) is 0 Å². The third-order valence-electron chi connectivity index (χ3n) is 5.80. The molecule has 7 nitrogen and oxygen atoms in total. The molecule has 0 bridgehead atoms. The van der Waals surface area contributed by atoms with E-state index in [1.54, 1.807) is 12.1 Å². The van der Waals surface area contributed by atoms with Crippen molar-refractivity contribution in [3.8, 4) is 17.1 Å². The molecule has 8 heteroatoms. The molecule has 33 heavy (non-hydrogen) atoms. The van der Waals surface area contributed by atoms with E-state index >= 15 is 0 Å². The van der Waals surface area contributed by atoms with Gasteiger partial charge in [-0.2, -0.15) is 4.98 Å². The van der Waals surface area contributed by atoms with E-state index in [1.807, 2.05) is 50.2 Å². The van der Waals surface area contributed by atoms with Gasteiger partial charge in [-0.05, 0) is 76.2 Å². The fraction of sp³-hybridized carbons (Fsp3) is 0.400. The van der Waals surface area contributed by atoms with Crippen LogP contribution in [0.15, 0.2) is 53.1 Å². The van der Waals surface area contributed by atoms with Crippen molar-refractivity contribution in [1.29, 1.82) is 0 Å². The van der Waals surface area contributed by atoms with E-state index < -0.39 is 0 Å². The Kier molecular flexibility index (Phi) is 7.62. The Balaban J connectivity index is 1.19. The number of nitrogens with one attached hydrogen (secondary N) is 1. The summed E-state index contributed by atoms with van der Waals surface area (Å²) in [5.41, 5.74) is 2.06. The minimum absolute atomic E-state index is 0.00962. The summed E-state index contributed by atoms with van der Waals surface area (Å²) in [7, 11) is 0. The Hall–Kier alpha value is -2.90. The van der Waals surface area contributed by atoms with E-state index in [9.17, 15) is 4.79 Å². The van der Waals surface area contributed by atoms with Crippen molar-refractivity contribution in [2.24, 2.45) is 5.92 Å². The summed E-state index contributed by atoms with van der Waals surface area (Å²) in [5.74, 6) is 2.05. The van der Waals surface area contributed by atoms with E-state index in [2.05, 4.69) is 20.4 Å². The van der Waals surface area contributed by atoms with Crippen molar-refractivity contribution < 1.29 is 14.1 Å². The van der Waals surface area contributed by atoms with Crippen LogP contribution in [0.1, 0.15) is 31.2 Å². The van der Waals surface area contributed by atoms with Gasteiger partial charge in [-0.3, -0.25) is 9.69 Å². The minimum Gasteiger partial charge on any atom is -0.491 e. The van der Waals surface area contributed by atoms with Crippen LogP contribution in [0.3, 0.4) is 0 Å². The highest BCUT2D eigenvalue weighted by Gasteiger charge is 2.26. The fourth-order valence-electron chi connectivity index (χ4n) is 3.84. The molecule has 1 fully saturated rings. The van der Waals surface area contributed by atoms with Crippen LogP contribution < -0.4 is 10.1 Å². The Morgan fingerprint density at radius 3 is 2.58 bits per heavy atom. The maximum Gasteiger partial charge on any atom is 0.241 e. The number of likely N-dealkylation sites (tertiary alicyclic amines) is 1. The van der Waals surface area contributed by atoms with Crippen LogP contribution in [0.25, 0.3) is 11.4 Å². The van der Waals surface area contributed by atoms with Gasteiger partial charge in [-0.1, -0.05) is 34.5 Å². The van der Waals surface area contributed by atoms with Gasteiger partial charge in [0.05, 0.1) is 12.6 Å². The number of carbonyl (C=O) groups excluding carboxylic acids is 1. The van der Waals surface area contributed by atoms with Gasteiger partial charge in [0.25, 0.3) is 0 Å². The third kappa shape index (κ3) is 6.55. The lowest BCUT2D eigenvalue weighted by Gasteiger charge is -2.30. The molecular formula is C25H29ClN4O3. The maximum atomic E-state index is 12.7. The van der Waals surface area contributed by atoms with Gasteiger partial charge >= 0.3 is 0 Å². The molecule has 1 atom stereocenters. The first kappa shape index (κ1) is 23.3. The summed E-state index contributed by atoms with van der Waals surface area (Å²) >= 11 is 5.94. The van der Waals surface area contributed by atoms with Crippen LogP contribution in [0.4, 0.5) is 0 Å². The zero-order valence-electron chi connectivity index (χ0n) is 19.0. The van der Waals surface area contributed by atoms with Crippen LogP contribution in [0, 0.1) is 12.8 Å². The van der Waals surface area contributed by atoms with Gasteiger partial charge in [0.2, 0.25) is 17.6 Å². The highest BCUT2D eigenvalue weighted by atomic mass is 35.5. The predicted octanol–water partition coefficient (Wildman–Crippen LogP) is 4.49. The Bertz CT molecular complexity index is 1040. The van der Waals surface area contributed by atoms with Gasteiger partial charge in [-0.15, -0.1) is 0 Å². The summed E-state index contributed by atoms with van der Waals surface area (Å²) in [5, 5.41) is 7.83. The lowest BCUT2D eigenvalue weighted by molar-refractivity contribution is -0.127. The Labute approximate surface area is 199 Å². The highest BCUT2D eigenvalue weighted by molar-refractivity contribution is 6.30. The second kappa shape index (κ2) is 10.8. The normalized spacial score (nSPS) is 15.8. The lowest BCUT2D eigenvalue weighted by atomic mass is 9.95. The largest absolute Gasteiger partial charge is 0.491 e. The molecule has 2 aromatic carbocycles. The number of nitrogens with zero attached hydrogens (tertiary/aromatic N) is 3. The zero-order chi connectivity index (χ0) is 23.2. The SMILES string of the molecule is Cc1ccc(OCC(C)NC(=O)C2CCN(Cc3nc(-c4ccc(Cl)cc4)no3)CC2)cc1. The number of rotatable bonds is 8. The summed E-state index contributed by atoms with van der Waals surface area (Å²) < 4.78 is 11.2. The summed E-state index contributed by atoms with van der Waals surface area (Å²) in [6, 6.07) is 15.2. The first-order valence-electron chi connectivity index (χ1n) is 11.3. The monoisotopic (exact) mass is 468 g/mol. The smallest absolute Gasteiger partial charge is 0.241 e. The van der Waals surface area contributed by atoms with E-state index in [0.717, 1.165) is 37.2 Å². The molecule has 1 aliphatic rings. The zero-order valence-corrected chi connectivity index (χ0v) is 19.7. The van der Waals surface area contributed by atoms with Gasteiger partial charge in [-0.25, -0.2) is 0 Å². The van der Waals surface area contributed by atoms with E-state index in [-0.39, 0.29) is 17.9 Å². The number of amides is 1. The molecule has 0 saturated carbocycles. The molecule has 174 valence electrons. The number of ether oxygens (including phenoxy) is 1. The summed E-state index contributed by atoms with van der Waals surface area (Å²) in [6.07, 6.45) is 1.60. The third-order valence-corrected chi connectivity index (χ3v) is 6.05. The molecule has 0 radical (unpaired) electrons. The summed E-state index contributed by atoms with van der Waals surface area (Å²) in [4.78, 5) is 19.4. The van der Waals surface area contributed by atoms with Gasteiger partial charge in [0.1, 0.15) is 12.4 Å². The van der Waals surface area contributed by atoms with E-state index in [1.165, 1.54) is 5.56 Å². The summed E-state index contributed by atoms with van der Waals surface area (Å²) in [6.45, 7) is 6.65. The van der Waals surface area contributed by atoms with Gasteiger partial charge < -0.3 is 14.6 Å². The standard InChI is InChI=1S/C25H29ClN4O3/c1-17-3-9-22(10-4-17)32-16-18(2)27-25(31)20-11-13-30(14-12-20)15-23-28-24(29-33-23)19-5-7-21(26)8-6-19/h3-10,18,20H,11-16H2,1-2H3,(H,27,31). The Morgan fingerprint density at radius 1 is 1.18 bits per heavy atom. The van der Waals surface area contributed by atoms with Crippen LogP contribution in [-0.4, -0.2) is 46.7 Å². The minimum atomic E-state index is -0.0542. The Morgan fingerprint density at radius 2 is 1.88 bits per heavy atom. The lowest BCUT2D eigenvalue weighted by Crippen LogP contribution is -2.44. The molecule has 0 spiro atoms. The first-order chi connectivity index (χ1) is 16.0. The van der Waals surface area contributed by atoms with Crippen molar-refractivity contribution in [2.75, 3.05) is 19.7 Å². The van der Waals surface area contributed by atoms with Crippen molar-refractivity contribution in [3.05, 3.63) is 65.0 Å². The van der Waals surface area contributed by atoms with Crippen LogP contribution >= 0.6 is 11.6 Å². The van der Waals surface area contributed by atoms with Crippen molar-refractivity contribution in [1.82, 2.24) is 20.4 Å². The average molecular weight is 469 g/mol. The van der Waals surface area contributed by atoms with Crippen molar-refractivity contribution in [2.45, 2.75) is 39.3 Å². The molecule has 1 aliphatic heterocycles. The molecule has 0 aliphatic carbocycles. The molecule has 1 N–H and O–H groups in total. The quantitative estimate of drug-likeness (QED) is 0.524. The molecular weight excluding hydrogens is 440 g/mol. The van der Waals surface area contributed by atoms with Crippen LogP contribution in [0.2, 0.25) is 5.02 Å². The molecule has 1 amide bonds. The van der Waals surface area contributed by atoms with E-state index in [0.29, 0.717) is 29.9 Å². The first-order valence-corrected chi connectivity index (χ1v) is 11.6. The van der Waals surface area contributed by atoms with Gasteiger partial charge in [0, 0.05) is 16.5 Å². The number of benzene rings is 2. The van der Waals surface area contributed by atoms with Gasteiger partial charge in [0.15, 0.2) is 0 Å². The van der Waals surface area contributed by atoms with Crippen molar-refractivity contribution >= 4 is 17.5 Å². The number of aromatic nitrogens is 2. The van der Waals surface area contributed by atoms with Crippen LogP contribution in [0.5, 0.6) is 5.75 Å². The number of hydrogen-bond acceptors (Lipinski definition) is 6.